The van der Waals surface area contributed by atoms with Crippen LogP contribution in [0, 0.1) is 0 Å². The summed E-state index contributed by atoms with van der Waals surface area (Å²) in [6, 6.07) is 6.17. The highest BCUT2D eigenvalue weighted by Gasteiger charge is 2.09. The second-order valence-corrected chi connectivity index (χ2v) is 4.67. The first-order valence-electron chi connectivity index (χ1n) is 4.70. The minimum absolute atomic E-state index is 0.0721. The predicted octanol–water partition coefficient (Wildman–Crippen LogP) is 3.39. The van der Waals surface area contributed by atoms with Crippen LogP contribution < -0.4 is 5.32 Å². The van der Waals surface area contributed by atoms with Gasteiger partial charge < -0.3 is 15.4 Å². The molecule has 4 nitrogen and oxygen atoms in total. The minimum Gasteiger partial charge on any atom is -0.506 e. The maximum absolute atomic E-state index is 11.7. The Balaban J connectivity index is 2.15. The first-order chi connectivity index (χ1) is 8.06. The van der Waals surface area contributed by atoms with Gasteiger partial charge in [0.2, 0.25) is 0 Å². The van der Waals surface area contributed by atoms with E-state index in [4.69, 9.17) is 11.6 Å². The van der Waals surface area contributed by atoms with Crippen molar-refractivity contribution in [2.24, 2.45) is 0 Å². The van der Waals surface area contributed by atoms with Crippen LogP contribution in [0.2, 0.25) is 5.02 Å². The maximum atomic E-state index is 11.7. The third kappa shape index (κ3) is 2.81. The lowest BCUT2D eigenvalue weighted by atomic mass is 10.3. The molecule has 1 heterocycles. The van der Waals surface area contributed by atoms with Gasteiger partial charge in [-0.3, -0.25) is 4.79 Å². The van der Waals surface area contributed by atoms with Gasteiger partial charge in [-0.25, -0.2) is 0 Å². The molecule has 0 spiro atoms. The lowest BCUT2D eigenvalue weighted by molar-refractivity contribution is 0.102. The Kier molecular flexibility index (Phi) is 3.40. The van der Waals surface area contributed by atoms with Crippen molar-refractivity contribution >= 4 is 39.1 Å². The van der Waals surface area contributed by atoms with Crippen LogP contribution in [-0.2, 0) is 0 Å². The second-order valence-electron chi connectivity index (χ2n) is 3.35. The van der Waals surface area contributed by atoms with Crippen LogP contribution in [0.1, 0.15) is 10.5 Å². The van der Waals surface area contributed by atoms with Gasteiger partial charge in [-0.2, -0.15) is 0 Å². The van der Waals surface area contributed by atoms with E-state index in [2.05, 4.69) is 26.2 Å². The van der Waals surface area contributed by atoms with Crippen LogP contribution in [0.15, 0.2) is 34.9 Å². The minimum atomic E-state index is -0.294. The summed E-state index contributed by atoms with van der Waals surface area (Å²) >= 11 is 8.90. The number of rotatable bonds is 2. The van der Waals surface area contributed by atoms with Crippen LogP contribution in [0.3, 0.4) is 0 Å². The second kappa shape index (κ2) is 4.81. The molecule has 0 saturated carbocycles. The van der Waals surface area contributed by atoms with Crippen molar-refractivity contribution in [2.45, 2.75) is 0 Å². The topological polar surface area (TPSA) is 65.1 Å². The number of carbonyl (C=O) groups excluding carboxylic acids is 1. The number of phenolic OH excluding ortho intramolecular Hbond substituents is 1. The number of amides is 1. The number of benzene rings is 1. The van der Waals surface area contributed by atoms with E-state index in [0.717, 1.165) is 4.47 Å². The molecule has 1 aromatic carbocycles. The van der Waals surface area contributed by atoms with Gasteiger partial charge in [0.05, 0.1) is 5.02 Å². The summed E-state index contributed by atoms with van der Waals surface area (Å²) in [6.45, 7) is 0. The van der Waals surface area contributed by atoms with E-state index >= 15 is 0 Å². The molecular formula is C11H8BrClN2O2. The average Bonchev–Trinajstić information content (AvgIpc) is 2.70. The number of aromatic amines is 1. The summed E-state index contributed by atoms with van der Waals surface area (Å²) in [4.78, 5) is 14.5. The number of carbonyl (C=O) groups is 1. The molecule has 2 rings (SSSR count). The van der Waals surface area contributed by atoms with Crippen LogP contribution >= 0.6 is 27.5 Å². The molecule has 1 amide bonds. The van der Waals surface area contributed by atoms with Crippen molar-refractivity contribution in [3.63, 3.8) is 0 Å². The van der Waals surface area contributed by atoms with Gasteiger partial charge in [0.1, 0.15) is 11.4 Å². The molecule has 0 radical (unpaired) electrons. The quantitative estimate of drug-likeness (QED) is 0.795. The summed E-state index contributed by atoms with van der Waals surface area (Å²) in [5.74, 6) is -0.366. The van der Waals surface area contributed by atoms with Crippen LogP contribution in [0.5, 0.6) is 5.75 Å². The first kappa shape index (κ1) is 12.0. The molecule has 88 valence electrons. The maximum Gasteiger partial charge on any atom is 0.272 e. The zero-order valence-electron chi connectivity index (χ0n) is 8.50. The van der Waals surface area contributed by atoms with Crippen molar-refractivity contribution in [2.75, 3.05) is 5.32 Å². The fourth-order valence-electron chi connectivity index (χ4n) is 1.29. The highest BCUT2D eigenvalue weighted by Crippen LogP contribution is 2.26. The van der Waals surface area contributed by atoms with Gasteiger partial charge >= 0.3 is 0 Å². The van der Waals surface area contributed by atoms with Crippen molar-refractivity contribution in [1.82, 2.24) is 4.98 Å². The zero-order chi connectivity index (χ0) is 12.4. The lowest BCUT2D eigenvalue weighted by Crippen LogP contribution is -2.11. The van der Waals surface area contributed by atoms with Gasteiger partial charge in [-0.15, -0.1) is 0 Å². The third-order valence-electron chi connectivity index (χ3n) is 2.10. The highest BCUT2D eigenvalue weighted by molar-refractivity contribution is 9.10. The molecule has 0 aliphatic rings. The van der Waals surface area contributed by atoms with Crippen molar-refractivity contribution in [3.05, 3.63) is 45.7 Å². The van der Waals surface area contributed by atoms with E-state index in [0.29, 0.717) is 11.4 Å². The Hall–Kier alpha value is -1.46. The number of anilines is 1. The Morgan fingerprint density at radius 1 is 1.41 bits per heavy atom. The average molecular weight is 316 g/mol. The van der Waals surface area contributed by atoms with E-state index in [1.54, 1.807) is 18.3 Å². The number of phenols is 1. The summed E-state index contributed by atoms with van der Waals surface area (Å²) in [6.07, 6.45) is 1.66. The summed E-state index contributed by atoms with van der Waals surface area (Å²) in [7, 11) is 0. The van der Waals surface area contributed by atoms with Gasteiger partial charge in [0.15, 0.2) is 0 Å². The largest absolute Gasteiger partial charge is 0.506 e. The molecule has 1 aromatic heterocycles. The molecule has 0 bridgehead atoms. The number of H-pyrrole nitrogens is 1. The number of hydrogen-bond donors (Lipinski definition) is 3. The smallest absolute Gasteiger partial charge is 0.272 e. The first-order valence-corrected chi connectivity index (χ1v) is 5.87. The van der Waals surface area contributed by atoms with E-state index in [-0.39, 0.29) is 16.7 Å². The van der Waals surface area contributed by atoms with Crippen molar-refractivity contribution in [3.8, 4) is 5.75 Å². The molecule has 6 heteroatoms. The number of hydrogen-bond acceptors (Lipinski definition) is 2. The number of halogens is 2. The molecular weight excluding hydrogens is 307 g/mol. The van der Waals surface area contributed by atoms with Gasteiger partial charge in [0, 0.05) is 22.4 Å². The normalized spacial score (nSPS) is 10.2. The molecule has 0 unspecified atom stereocenters. The molecule has 17 heavy (non-hydrogen) atoms. The summed E-state index contributed by atoms with van der Waals surface area (Å²) < 4.78 is 0.793. The van der Waals surface area contributed by atoms with Crippen molar-refractivity contribution in [1.29, 1.82) is 0 Å². The Morgan fingerprint density at radius 3 is 2.76 bits per heavy atom. The molecule has 0 atom stereocenters. The summed E-state index contributed by atoms with van der Waals surface area (Å²) in [5.41, 5.74) is 0.897. The third-order valence-corrected chi connectivity index (χ3v) is 2.87. The number of aromatic hydroxyl groups is 1. The number of nitrogens with one attached hydrogen (secondary N) is 2. The lowest BCUT2D eigenvalue weighted by Gasteiger charge is -2.04. The fourth-order valence-corrected chi connectivity index (χ4v) is 1.75. The van der Waals surface area contributed by atoms with Crippen LogP contribution in [-0.4, -0.2) is 16.0 Å². The van der Waals surface area contributed by atoms with Gasteiger partial charge in [-0.05, 0) is 34.1 Å². The SMILES string of the molecule is O=C(Nc1ccc(Cl)c(O)c1)c1cc(Br)c[nH]1. The fraction of sp³-hybridized carbons (Fsp3) is 0. The van der Waals surface area contributed by atoms with E-state index < -0.39 is 0 Å². The molecule has 0 aliphatic heterocycles. The zero-order valence-corrected chi connectivity index (χ0v) is 10.8. The Bertz CT molecular complexity index is 568. The molecule has 3 N–H and O–H groups in total. The summed E-state index contributed by atoms with van der Waals surface area (Å²) in [5, 5.41) is 12.3. The number of aromatic nitrogens is 1. The van der Waals surface area contributed by atoms with E-state index in [9.17, 15) is 9.90 Å². The molecule has 0 aliphatic carbocycles. The Morgan fingerprint density at radius 2 is 2.18 bits per heavy atom. The van der Waals surface area contributed by atoms with Gasteiger partial charge in [0.25, 0.3) is 5.91 Å². The predicted molar refractivity (Wildman–Crippen MR) is 69.6 cm³/mol. The Labute approximate surface area is 111 Å². The van der Waals surface area contributed by atoms with Crippen LogP contribution in [0.25, 0.3) is 0 Å². The molecule has 0 saturated heterocycles. The van der Waals surface area contributed by atoms with Crippen molar-refractivity contribution < 1.29 is 9.90 Å². The molecule has 0 fully saturated rings. The van der Waals surface area contributed by atoms with E-state index in [1.165, 1.54) is 12.1 Å². The monoisotopic (exact) mass is 314 g/mol. The highest BCUT2D eigenvalue weighted by atomic mass is 79.9. The molecule has 2 aromatic rings. The van der Waals surface area contributed by atoms with Gasteiger partial charge in [-0.1, -0.05) is 11.6 Å². The standard InChI is InChI=1S/C11H8BrClN2O2/c12-6-3-9(14-5-6)11(17)15-7-1-2-8(13)10(16)4-7/h1-5,14,16H,(H,15,17). The van der Waals surface area contributed by atoms with E-state index in [1.807, 2.05) is 0 Å². The van der Waals surface area contributed by atoms with Crippen LogP contribution in [0.4, 0.5) is 5.69 Å².